The van der Waals surface area contributed by atoms with Gasteiger partial charge in [0.25, 0.3) is 0 Å². The van der Waals surface area contributed by atoms with Gasteiger partial charge in [-0.2, -0.15) is 0 Å². The smallest absolute Gasteiger partial charge is 0.244 e. The minimum atomic E-state index is -3.89. The number of carbonyl (C=O) groups excluding carboxylic acids is 2. The summed E-state index contributed by atoms with van der Waals surface area (Å²) < 4.78 is 41.8. The third-order valence-electron chi connectivity index (χ3n) is 6.43. The number of hydrogen-bond acceptors (Lipinski definition) is 4. The predicted molar refractivity (Wildman–Crippen MR) is 152 cm³/mol. The second kappa shape index (κ2) is 13.4. The zero-order chi connectivity index (χ0) is 28.6. The molecule has 9 heteroatoms. The van der Waals surface area contributed by atoms with E-state index in [1.54, 1.807) is 37.3 Å². The number of likely N-dealkylation sites (N-methyl/N-ethyl adjacent to an activating group) is 1. The van der Waals surface area contributed by atoms with E-state index in [0.717, 1.165) is 21.7 Å². The molecule has 0 fully saturated rings. The van der Waals surface area contributed by atoms with Gasteiger partial charge in [0.05, 0.1) is 11.9 Å². The minimum Gasteiger partial charge on any atom is -0.355 e. The Morgan fingerprint density at radius 2 is 1.54 bits per heavy atom. The maximum absolute atomic E-state index is 14.8. The molecule has 0 saturated heterocycles. The highest BCUT2D eigenvalue weighted by Crippen LogP contribution is 2.29. The Kier molecular flexibility index (Phi) is 10.2. The molecule has 3 aromatic carbocycles. The van der Waals surface area contributed by atoms with Gasteiger partial charge in [-0.3, -0.25) is 13.9 Å². The zero-order valence-electron chi connectivity index (χ0n) is 22.8. The highest BCUT2D eigenvalue weighted by molar-refractivity contribution is 7.92. The summed E-state index contributed by atoms with van der Waals surface area (Å²) >= 11 is 0. The van der Waals surface area contributed by atoms with Gasteiger partial charge in [-0.25, -0.2) is 12.8 Å². The van der Waals surface area contributed by atoms with Crippen molar-refractivity contribution < 1.29 is 22.4 Å². The molecule has 3 aromatic rings. The Morgan fingerprint density at radius 3 is 2.15 bits per heavy atom. The first-order chi connectivity index (χ1) is 18.5. The van der Waals surface area contributed by atoms with Gasteiger partial charge >= 0.3 is 0 Å². The van der Waals surface area contributed by atoms with Crippen molar-refractivity contribution in [3.05, 3.63) is 101 Å². The first-order valence-corrected chi connectivity index (χ1v) is 14.8. The number of nitrogens with zero attached hydrogens (tertiary/aromatic N) is 2. The fourth-order valence-electron chi connectivity index (χ4n) is 4.45. The molecule has 208 valence electrons. The molecule has 7 nitrogen and oxygen atoms in total. The number of amides is 2. The molecule has 1 N–H and O–H groups in total. The number of carbonyl (C=O) groups is 2. The van der Waals surface area contributed by atoms with Crippen LogP contribution in [0.1, 0.15) is 43.4 Å². The van der Waals surface area contributed by atoms with E-state index in [9.17, 15) is 22.4 Å². The van der Waals surface area contributed by atoms with Gasteiger partial charge in [0.15, 0.2) is 0 Å². The molecule has 3 rings (SSSR count). The number of hydrogen-bond donors (Lipinski definition) is 1. The van der Waals surface area contributed by atoms with Gasteiger partial charge < -0.3 is 10.2 Å². The van der Waals surface area contributed by atoms with Gasteiger partial charge in [0, 0.05) is 25.1 Å². The second-order valence-electron chi connectivity index (χ2n) is 9.70. The fraction of sp³-hybridized carbons (Fsp3) is 0.333. The van der Waals surface area contributed by atoms with Crippen molar-refractivity contribution in [2.45, 2.75) is 45.7 Å². The molecular weight excluding hydrogens is 517 g/mol. The Balaban J connectivity index is 2.09. The molecule has 0 saturated carbocycles. The highest BCUT2D eigenvalue weighted by atomic mass is 32.2. The molecule has 0 spiro atoms. The van der Waals surface area contributed by atoms with E-state index in [2.05, 4.69) is 5.32 Å². The first-order valence-electron chi connectivity index (χ1n) is 12.9. The lowest BCUT2D eigenvalue weighted by molar-refractivity contribution is -0.140. The fourth-order valence-corrected chi connectivity index (χ4v) is 5.32. The maximum atomic E-state index is 14.8. The quantitative estimate of drug-likeness (QED) is 0.358. The SMILES string of the molecule is CCNC(=O)[C@H](Cc1ccccc1)N(Cc1ccccc1F)C(=O)CN(c1ccccc1C(C)C)S(C)(=O)=O. The maximum Gasteiger partial charge on any atom is 0.244 e. The number of benzene rings is 3. The Hall–Kier alpha value is -3.72. The minimum absolute atomic E-state index is 0.00349. The van der Waals surface area contributed by atoms with Crippen molar-refractivity contribution in [3.8, 4) is 0 Å². The summed E-state index contributed by atoms with van der Waals surface area (Å²) in [5, 5.41) is 2.78. The number of sulfonamides is 1. The van der Waals surface area contributed by atoms with Crippen LogP contribution >= 0.6 is 0 Å². The van der Waals surface area contributed by atoms with Crippen LogP contribution in [-0.4, -0.2) is 50.5 Å². The van der Waals surface area contributed by atoms with Crippen LogP contribution in [-0.2, 0) is 32.6 Å². The van der Waals surface area contributed by atoms with Crippen LogP contribution in [0.25, 0.3) is 0 Å². The van der Waals surface area contributed by atoms with Crippen LogP contribution in [0, 0.1) is 5.82 Å². The molecule has 0 unspecified atom stereocenters. The largest absolute Gasteiger partial charge is 0.355 e. The molecule has 0 bridgehead atoms. The monoisotopic (exact) mass is 553 g/mol. The van der Waals surface area contributed by atoms with E-state index < -0.39 is 40.2 Å². The van der Waals surface area contributed by atoms with E-state index >= 15 is 0 Å². The number of anilines is 1. The number of rotatable bonds is 12. The third kappa shape index (κ3) is 7.89. The van der Waals surface area contributed by atoms with Crippen molar-refractivity contribution >= 4 is 27.5 Å². The molecule has 1 atom stereocenters. The number of halogens is 1. The predicted octanol–water partition coefficient (Wildman–Crippen LogP) is 4.49. The van der Waals surface area contributed by atoms with Gasteiger partial charge in [0.2, 0.25) is 21.8 Å². The summed E-state index contributed by atoms with van der Waals surface area (Å²) in [5.74, 6) is -1.54. The molecular formula is C30H36FN3O4S. The molecule has 0 aliphatic carbocycles. The summed E-state index contributed by atoms with van der Waals surface area (Å²) in [4.78, 5) is 28.6. The zero-order valence-corrected chi connectivity index (χ0v) is 23.6. The molecule has 0 aliphatic rings. The molecule has 0 radical (unpaired) electrons. The van der Waals surface area contributed by atoms with E-state index in [1.807, 2.05) is 56.3 Å². The standard InChI is InChI=1S/C30H36FN3O4S/c1-5-32-30(36)28(19-23-13-7-6-8-14-23)33(20-24-15-9-11-17-26(24)31)29(35)21-34(39(4,37)38)27-18-12-10-16-25(27)22(2)3/h6-18,22,28H,5,19-21H2,1-4H3,(H,32,36)/t28-/m0/s1. The van der Waals surface area contributed by atoms with Crippen LogP contribution in [0.3, 0.4) is 0 Å². The number of nitrogens with one attached hydrogen (secondary N) is 1. The highest BCUT2D eigenvalue weighted by Gasteiger charge is 2.33. The summed E-state index contributed by atoms with van der Waals surface area (Å²) in [7, 11) is -3.89. The van der Waals surface area contributed by atoms with Crippen LogP contribution in [0.4, 0.5) is 10.1 Å². The normalized spacial score (nSPS) is 12.2. The Bertz CT molecular complexity index is 1380. The average Bonchev–Trinajstić information content (AvgIpc) is 2.90. The lowest BCUT2D eigenvalue weighted by Crippen LogP contribution is -2.53. The van der Waals surface area contributed by atoms with Crippen LogP contribution in [0.5, 0.6) is 0 Å². The molecule has 2 amide bonds. The topological polar surface area (TPSA) is 86.8 Å². The van der Waals surface area contributed by atoms with E-state index in [1.165, 1.54) is 11.0 Å². The van der Waals surface area contributed by atoms with Crippen LogP contribution in [0.2, 0.25) is 0 Å². The molecule has 0 aliphatic heterocycles. The van der Waals surface area contributed by atoms with Crippen molar-refractivity contribution in [2.24, 2.45) is 0 Å². The Morgan fingerprint density at radius 1 is 0.923 bits per heavy atom. The van der Waals surface area contributed by atoms with Crippen molar-refractivity contribution in [1.29, 1.82) is 0 Å². The average molecular weight is 554 g/mol. The summed E-state index contributed by atoms with van der Waals surface area (Å²) in [6.45, 7) is 5.25. The lowest BCUT2D eigenvalue weighted by Gasteiger charge is -2.34. The third-order valence-corrected chi connectivity index (χ3v) is 7.55. The van der Waals surface area contributed by atoms with Gasteiger partial charge in [-0.05, 0) is 36.1 Å². The first kappa shape index (κ1) is 29.8. The van der Waals surface area contributed by atoms with E-state index in [4.69, 9.17) is 0 Å². The van der Waals surface area contributed by atoms with Crippen molar-refractivity contribution in [3.63, 3.8) is 0 Å². The lowest BCUT2D eigenvalue weighted by atomic mass is 10.0. The Labute approximate surface area is 230 Å². The molecule has 39 heavy (non-hydrogen) atoms. The van der Waals surface area contributed by atoms with Crippen molar-refractivity contribution in [1.82, 2.24) is 10.2 Å². The van der Waals surface area contributed by atoms with Gasteiger partial charge in [-0.15, -0.1) is 0 Å². The van der Waals surface area contributed by atoms with Crippen LogP contribution in [0.15, 0.2) is 78.9 Å². The molecule has 0 heterocycles. The number of para-hydroxylation sites is 1. The van der Waals surface area contributed by atoms with Crippen LogP contribution < -0.4 is 9.62 Å². The van der Waals surface area contributed by atoms with E-state index in [0.29, 0.717) is 12.2 Å². The van der Waals surface area contributed by atoms with E-state index in [-0.39, 0.29) is 24.4 Å². The second-order valence-corrected chi connectivity index (χ2v) is 11.6. The summed E-state index contributed by atoms with van der Waals surface area (Å²) in [6, 6.07) is 21.3. The summed E-state index contributed by atoms with van der Waals surface area (Å²) in [6.07, 6.45) is 1.22. The molecule has 0 aromatic heterocycles. The van der Waals surface area contributed by atoms with Gasteiger partial charge in [0.1, 0.15) is 18.4 Å². The summed E-state index contributed by atoms with van der Waals surface area (Å²) in [5.41, 5.74) is 2.19. The van der Waals surface area contributed by atoms with Gasteiger partial charge in [-0.1, -0.05) is 80.6 Å². The van der Waals surface area contributed by atoms with Crippen molar-refractivity contribution in [2.75, 3.05) is 23.7 Å².